The highest BCUT2D eigenvalue weighted by Crippen LogP contribution is 2.27. The Morgan fingerprint density at radius 2 is 1.96 bits per heavy atom. The molecule has 134 valence electrons. The first kappa shape index (κ1) is 18.1. The van der Waals surface area contributed by atoms with E-state index in [0.29, 0.717) is 12.1 Å². The largest absolute Gasteiger partial charge is 0.366 e. The zero-order chi connectivity index (χ0) is 18.7. The van der Waals surface area contributed by atoms with Gasteiger partial charge in [0.15, 0.2) is 0 Å². The van der Waals surface area contributed by atoms with Crippen LogP contribution in [-0.4, -0.2) is 24.3 Å². The highest BCUT2D eigenvalue weighted by molar-refractivity contribution is 9.10. The topological polar surface area (TPSA) is 92.5 Å². The summed E-state index contributed by atoms with van der Waals surface area (Å²) in [6.07, 6.45) is 0.180. The van der Waals surface area contributed by atoms with Crippen molar-refractivity contribution in [2.24, 2.45) is 11.7 Å². The molecule has 6 nitrogen and oxygen atoms in total. The van der Waals surface area contributed by atoms with Crippen LogP contribution < -0.4 is 16.0 Å². The first-order valence-electron chi connectivity index (χ1n) is 8.16. The number of nitrogens with two attached hydrogens (primary N) is 1. The number of amides is 3. The molecule has 2 aromatic rings. The summed E-state index contributed by atoms with van der Waals surface area (Å²) in [5.74, 6) is -1.16. The molecule has 0 bridgehead atoms. The third-order valence-corrected chi connectivity index (χ3v) is 4.79. The maximum atomic E-state index is 12.4. The minimum Gasteiger partial charge on any atom is -0.366 e. The van der Waals surface area contributed by atoms with Gasteiger partial charge in [-0.15, -0.1) is 0 Å². The lowest BCUT2D eigenvalue weighted by Gasteiger charge is -2.17. The number of halogens is 1. The van der Waals surface area contributed by atoms with Crippen molar-refractivity contribution in [3.63, 3.8) is 0 Å². The summed E-state index contributed by atoms with van der Waals surface area (Å²) >= 11 is 3.39. The molecule has 1 fully saturated rings. The summed E-state index contributed by atoms with van der Waals surface area (Å²) in [6.45, 7) is 0.629. The fraction of sp³-hybridized carbons (Fsp3) is 0.211. The Hall–Kier alpha value is -2.67. The van der Waals surface area contributed by atoms with E-state index in [2.05, 4.69) is 21.2 Å². The average molecular weight is 416 g/mol. The van der Waals surface area contributed by atoms with Gasteiger partial charge in [-0.3, -0.25) is 14.4 Å². The number of primary amides is 1. The van der Waals surface area contributed by atoms with Crippen molar-refractivity contribution in [2.45, 2.75) is 13.0 Å². The van der Waals surface area contributed by atoms with Crippen LogP contribution >= 0.6 is 15.9 Å². The summed E-state index contributed by atoms with van der Waals surface area (Å²) < 4.78 is 0.880. The molecule has 0 spiro atoms. The number of hydrogen-bond acceptors (Lipinski definition) is 3. The van der Waals surface area contributed by atoms with Crippen molar-refractivity contribution < 1.29 is 14.4 Å². The number of carbonyl (C=O) groups excluding carboxylic acids is 3. The molecule has 0 aromatic heterocycles. The lowest BCUT2D eigenvalue weighted by atomic mass is 10.1. The lowest BCUT2D eigenvalue weighted by Crippen LogP contribution is -2.32. The summed E-state index contributed by atoms with van der Waals surface area (Å²) in [4.78, 5) is 37.6. The Kier molecular flexibility index (Phi) is 5.37. The number of hydrogen-bond donors (Lipinski definition) is 2. The third kappa shape index (κ3) is 4.11. The SMILES string of the molecule is NC(=O)c1cccc(CNC(=O)C2CC(=O)N(c3cccc(Br)c3)C2)c1. The molecule has 3 rings (SSSR count). The van der Waals surface area contributed by atoms with Crippen LogP contribution in [0, 0.1) is 5.92 Å². The third-order valence-electron chi connectivity index (χ3n) is 4.29. The Morgan fingerprint density at radius 1 is 1.19 bits per heavy atom. The summed E-state index contributed by atoms with van der Waals surface area (Å²) in [5, 5.41) is 2.83. The molecule has 1 heterocycles. The summed E-state index contributed by atoms with van der Waals surface area (Å²) in [7, 11) is 0. The maximum Gasteiger partial charge on any atom is 0.248 e. The van der Waals surface area contributed by atoms with Crippen molar-refractivity contribution >= 4 is 39.3 Å². The molecule has 7 heteroatoms. The van der Waals surface area contributed by atoms with Gasteiger partial charge in [0.25, 0.3) is 0 Å². The number of carbonyl (C=O) groups is 3. The van der Waals surface area contributed by atoms with E-state index in [0.717, 1.165) is 15.7 Å². The Morgan fingerprint density at radius 3 is 2.69 bits per heavy atom. The molecule has 1 atom stereocenters. The van der Waals surface area contributed by atoms with Crippen LogP contribution in [0.4, 0.5) is 5.69 Å². The van der Waals surface area contributed by atoms with Gasteiger partial charge in [0, 0.05) is 35.2 Å². The van der Waals surface area contributed by atoms with Gasteiger partial charge in [-0.25, -0.2) is 0 Å². The summed E-state index contributed by atoms with van der Waals surface area (Å²) in [5.41, 5.74) is 7.21. The highest BCUT2D eigenvalue weighted by atomic mass is 79.9. The molecule has 1 saturated heterocycles. The van der Waals surface area contributed by atoms with E-state index in [4.69, 9.17) is 5.73 Å². The molecule has 3 amide bonds. The van der Waals surface area contributed by atoms with Gasteiger partial charge in [0.2, 0.25) is 17.7 Å². The first-order chi connectivity index (χ1) is 12.4. The van der Waals surface area contributed by atoms with E-state index in [1.54, 1.807) is 29.2 Å². The Bertz CT molecular complexity index is 869. The molecule has 1 unspecified atom stereocenters. The summed E-state index contributed by atoms with van der Waals surface area (Å²) in [6, 6.07) is 14.2. The van der Waals surface area contributed by atoms with E-state index in [1.165, 1.54) is 0 Å². The van der Waals surface area contributed by atoms with Crippen molar-refractivity contribution in [1.82, 2.24) is 5.32 Å². The van der Waals surface area contributed by atoms with Crippen LogP contribution in [0.1, 0.15) is 22.3 Å². The van der Waals surface area contributed by atoms with Gasteiger partial charge in [0.1, 0.15) is 0 Å². The van der Waals surface area contributed by atoms with Crippen molar-refractivity contribution in [3.05, 3.63) is 64.1 Å². The minimum absolute atomic E-state index is 0.0704. The molecule has 26 heavy (non-hydrogen) atoms. The van der Waals surface area contributed by atoms with Crippen LogP contribution in [0.25, 0.3) is 0 Å². The Labute approximate surface area is 159 Å². The first-order valence-corrected chi connectivity index (χ1v) is 8.96. The molecule has 0 saturated carbocycles. The number of nitrogens with one attached hydrogen (secondary N) is 1. The van der Waals surface area contributed by atoms with Crippen LogP contribution in [-0.2, 0) is 16.1 Å². The van der Waals surface area contributed by atoms with E-state index in [1.807, 2.05) is 24.3 Å². The quantitative estimate of drug-likeness (QED) is 0.783. The number of benzene rings is 2. The van der Waals surface area contributed by atoms with E-state index >= 15 is 0 Å². The second-order valence-electron chi connectivity index (χ2n) is 6.17. The second kappa shape index (κ2) is 7.70. The van der Waals surface area contributed by atoms with Crippen LogP contribution in [0.5, 0.6) is 0 Å². The van der Waals surface area contributed by atoms with E-state index < -0.39 is 11.8 Å². The number of rotatable bonds is 5. The van der Waals surface area contributed by atoms with E-state index in [9.17, 15) is 14.4 Å². The predicted molar refractivity (Wildman–Crippen MR) is 101 cm³/mol. The van der Waals surface area contributed by atoms with Gasteiger partial charge < -0.3 is 16.0 Å². The minimum atomic E-state index is -0.510. The highest BCUT2D eigenvalue weighted by Gasteiger charge is 2.35. The monoisotopic (exact) mass is 415 g/mol. The molecule has 1 aliphatic heterocycles. The molecule has 1 aliphatic rings. The number of anilines is 1. The molecular formula is C19H18BrN3O3. The van der Waals surface area contributed by atoms with Gasteiger partial charge in [-0.05, 0) is 35.9 Å². The average Bonchev–Trinajstić information content (AvgIpc) is 3.02. The van der Waals surface area contributed by atoms with Gasteiger partial charge in [-0.1, -0.05) is 34.1 Å². The molecule has 2 aromatic carbocycles. The van der Waals surface area contributed by atoms with Crippen molar-refractivity contribution in [3.8, 4) is 0 Å². The van der Waals surface area contributed by atoms with Gasteiger partial charge >= 0.3 is 0 Å². The molecule has 3 N–H and O–H groups in total. The zero-order valence-electron chi connectivity index (χ0n) is 13.9. The second-order valence-corrected chi connectivity index (χ2v) is 7.08. The van der Waals surface area contributed by atoms with Crippen molar-refractivity contribution in [2.75, 3.05) is 11.4 Å². The zero-order valence-corrected chi connectivity index (χ0v) is 15.5. The van der Waals surface area contributed by atoms with E-state index in [-0.39, 0.29) is 24.8 Å². The van der Waals surface area contributed by atoms with Crippen LogP contribution in [0.3, 0.4) is 0 Å². The normalized spacial score (nSPS) is 16.6. The van der Waals surface area contributed by atoms with Gasteiger partial charge in [0.05, 0.1) is 5.92 Å². The Balaban J connectivity index is 1.61. The fourth-order valence-corrected chi connectivity index (χ4v) is 3.33. The van der Waals surface area contributed by atoms with Crippen LogP contribution in [0.2, 0.25) is 0 Å². The van der Waals surface area contributed by atoms with Gasteiger partial charge in [-0.2, -0.15) is 0 Å². The predicted octanol–water partition coefficient (Wildman–Crippen LogP) is 2.22. The standard InChI is InChI=1S/C19H18BrN3O3/c20-15-5-2-6-16(9-15)23-11-14(8-17(23)24)19(26)22-10-12-3-1-4-13(7-12)18(21)25/h1-7,9,14H,8,10-11H2,(H2,21,25)(H,22,26). The fourth-order valence-electron chi connectivity index (χ4n) is 2.94. The van der Waals surface area contributed by atoms with Crippen molar-refractivity contribution in [1.29, 1.82) is 0 Å². The smallest absolute Gasteiger partial charge is 0.248 e. The molecular weight excluding hydrogens is 398 g/mol. The molecule has 0 radical (unpaired) electrons. The molecule has 0 aliphatic carbocycles. The lowest BCUT2D eigenvalue weighted by molar-refractivity contribution is -0.126. The van der Waals surface area contributed by atoms with Crippen LogP contribution in [0.15, 0.2) is 53.0 Å². The maximum absolute atomic E-state index is 12.4. The number of nitrogens with zero attached hydrogens (tertiary/aromatic N) is 1.